The average molecular weight is 488 g/mol. The number of aliphatic carboxylic acids is 1. The van der Waals surface area contributed by atoms with Crippen molar-refractivity contribution in [1.29, 1.82) is 0 Å². The van der Waals surface area contributed by atoms with E-state index in [1.54, 1.807) is 11.5 Å². The van der Waals surface area contributed by atoms with Gasteiger partial charge in [-0.15, -0.1) is 12.6 Å². The lowest BCUT2D eigenvalue weighted by Crippen LogP contribution is -2.42. The van der Waals surface area contributed by atoms with Crippen LogP contribution in [0.25, 0.3) is 11.2 Å². The number of ether oxygens (including phenoxy) is 1. The Morgan fingerprint density at radius 2 is 2.00 bits per heavy atom. The van der Waals surface area contributed by atoms with E-state index >= 15 is 0 Å². The minimum Gasteiger partial charge on any atom is -0.481 e. The van der Waals surface area contributed by atoms with Gasteiger partial charge in [-0.1, -0.05) is 0 Å². The number of fused-ring (bicyclic) bond motifs is 1. The van der Waals surface area contributed by atoms with Gasteiger partial charge in [0.25, 0.3) is 0 Å². The van der Waals surface area contributed by atoms with E-state index in [0.717, 1.165) is 0 Å². The number of rotatable bonds is 14. The molecule has 0 aliphatic carbocycles. The number of thiol groups is 1. The monoisotopic (exact) mass is 487 g/mol. The van der Waals surface area contributed by atoms with Crippen molar-refractivity contribution in [2.45, 2.75) is 49.3 Å². The maximum Gasteiger partial charge on any atom is 0.305 e. The number of carboxylic acids is 1. The molecule has 184 valence electrons. The summed E-state index contributed by atoms with van der Waals surface area (Å²) in [7, 11) is 0. The Morgan fingerprint density at radius 1 is 1.27 bits per heavy atom. The largest absolute Gasteiger partial charge is 0.481 e. The normalized spacial score (nSPS) is 15.1. The lowest BCUT2D eigenvalue weighted by molar-refractivity contribution is -0.139. The second kappa shape index (κ2) is 12.6. The second-order valence-electron chi connectivity index (χ2n) is 7.18. The van der Waals surface area contributed by atoms with Crippen LogP contribution in [0.3, 0.4) is 0 Å². The first-order chi connectivity index (χ1) is 15.7. The lowest BCUT2D eigenvalue weighted by atomic mass is 10.2. The van der Waals surface area contributed by atoms with Crippen LogP contribution in [0, 0.1) is 0 Å². The van der Waals surface area contributed by atoms with Gasteiger partial charge in [-0.3, -0.25) is 14.2 Å². The Bertz CT molecular complexity index is 944. The zero-order valence-corrected chi connectivity index (χ0v) is 18.9. The molecule has 0 saturated carbocycles. The van der Waals surface area contributed by atoms with Gasteiger partial charge in [-0.2, -0.15) is 4.98 Å². The molecule has 2 rings (SSSR count). The van der Waals surface area contributed by atoms with Gasteiger partial charge in [0.2, 0.25) is 11.9 Å². The first-order valence-corrected chi connectivity index (χ1v) is 10.6. The molecule has 2 aromatic heterocycles. The van der Waals surface area contributed by atoms with Gasteiger partial charge in [-0.05, 0) is 13.3 Å². The van der Waals surface area contributed by atoms with Crippen molar-refractivity contribution in [3.63, 3.8) is 0 Å². The molecule has 0 aliphatic rings. The van der Waals surface area contributed by atoms with Crippen LogP contribution in [0.5, 0.6) is 0 Å². The molecule has 33 heavy (non-hydrogen) atoms. The fourth-order valence-corrected chi connectivity index (χ4v) is 3.10. The number of imidazole rings is 1. The van der Waals surface area contributed by atoms with Gasteiger partial charge in [0.1, 0.15) is 29.0 Å². The number of carboxylic acid groups (broad SMARTS) is 1. The highest BCUT2D eigenvalue weighted by Gasteiger charge is 2.23. The van der Waals surface area contributed by atoms with E-state index in [9.17, 15) is 19.8 Å². The highest BCUT2D eigenvalue weighted by atomic mass is 32.1. The predicted octanol–water partition coefficient (Wildman–Crippen LogP) is -1.92. The molecule has 8 N–H and O–H groups in total. The van der Waals surface area contributed by atoms with E-state index in [0.29, 0.717) is 29.2 Å². The quantitative estimate of drug-likeness (QED) is 0.0831. The summed E-state index contributed by atoms with van der Waals surface area (Å²) in [5, 5.41) is 42.8. The van der Waals surface area contributed by atoms with E-state index in [1.165, 1.54) is 6.33 Å². The number of anilines is 1. The van der Waals surface area contributed by atoms with Gasteiger partial charge < -0.3 is 41.5 Å². The van der Waals surface area contributed by atoms with Crippen LogP contribution in [0.1, 0.15) is 26.0 Å². The van der Waals surface area contributed by atoms with E-state index in [4.69, 9.17) is 20.7 Å². The minimum absolute atomic E-state index is 0.254. The molecule has 3 unspecified atom stereocenters. The third kappa shape index (κ3) is 7.48. The molecule has 2 aromatic rings. The number of hydrogen-bond donors (Lipinski definition) is 8. The Hall–Kier alpha value is -2.56. The minimum atomic E-state index is -1.25. The van der Waals surface area contributed by atoms with Crippen LogP contribution < -0.4 is 16.4 Å². The number of aliphatic hydroxyl groups excluding tert-OH is 3. The summed E-state index contributed by atoms with van der Waals surface area (Å²) in [6.07, 6.45) is -1.44. The van der Waals surface area contributed by atoms with Crippen LogP contribution in [-0.4, -0.2) is 96.4 Å². The number of carbonyl (C=O) groups excluding carboxylic acids is 1. The van der Waals surface area contributed by atoms with Crippen LogP contribution >= 0.6 is 12.6 Å². The number of aliphatic hydroxyl groups is 3. The van der Waals surface area contributed by atoms with Crippen LogP contribution in [0.2, 0.25) is 0 Å². The van der Waals surface area contributed by atoms with Crippen molar-refractivity contribution in [2.75, 3.05) is 31.6 Å². The third-order valence-electron chi connectivity index (χ3n) is 4.63. The van der Waals surface area contributed by atoms with Crippen molar-refractivity contribution in [1.82, 2.24) is 24.8 Å². The summed E-state index contributed by atoms with van der Waals surface area (Å²) in [5.74, 6) is -1.44. The molecule has 0 bridgehead atoms. The molecule has 0 saturated heterocycles. The third-order valence-corrected chi connectivity index (χ3v) is 4.94. The summed E-state index contributed by atoms with van der Waals surface area (Å²) in [4.78, 5) is 35.2. The second-order valence-corrected chi connectivity index (χ2v) is 7.60. The Balaban J connectivity index is 1.98. The molecular weight excluding hydrogens is 458 g/mol. The number of hydrogen-bond acceptors (Lipinski definition) is 12. The number of nitrogens with zero attached hydrogens (tertiary/aromatic N) is 4. The van der Waals surface area contributed by atoms with Crippen molar-refractivity contribution in [3.8, 4) is 0 Å². The molecule has 14 nitrogen and oxygen atoms in total. The maximum absolute atomic E-state index is 11.7. The lowest BCUT2D eigenvalue weighted by Gasteiger charge is -2.24. The number of amides is 1. The Labute approximate surface area is 194 Å². The fourth-order valence-electron chi connectivity index (χ4n) is 2.85. The smallest absolute Gasteiger partial charge is 0.305 e. The molecule has 0 aliphatic heterocycles. The van der Waals surface area contributed by atoms with Crippen molar-refractivity contribution >= 4 is 41.6 Å². The SMILES string of the molecule is CC(OC(CO)[C@H](O)CO)n1cnc2c(S)nc(NCCCNC(=O)C(N)CC(=O)O)nc21. The molecular formula is C18H29N7O7S. The maximum atomic E-state index is 11.7. The first-order valence-electron chi connectivity index (χ1n) is 10.2. The molecule has 1 amide bonds. The molecule has 0 fully saturated rings. The van der Waals surface area contributed by atoms with E-state index in [2.05, 4.69) is 38.2 Å². The first kappa shape index (κ1) is 26.7. The van der Waals surface area contributed by atoms with Crippen molar-refractivity contribution in [3.05, 3.63) is 6.33 Å². The van der Waals surface area contributed by atoms with Gasteiger partial charge in [0.05, 0.1) is 32.0 Å². The molecule has 2 heterocycles. The number of carbonyl (C=O) groups is 2. The highest BCUT2D eigenvalue weighted by molar-refractivity contribution is 7.80. The van der Waals surface area contributed by atoms with E-state index in [1.807, 2.05) is 0 Å². The topological polar surface area (TPSA) is 218 Å². The Kier molecular flexibility index (Phi) is 10.2. The number of nitrogens with two attached hydrogens (primary N) is 1. The van der Waals surface area contributed by atoms with Crippen LogP contribution in [-0.2, 0) is 14.3 Å². The van der Waals surface area contributed by atoms with Crippen LogP contribution in [0.15, 0.2) is 11.4 Å². The zero-order valence-electron chi connectivity index (χ0n) is 18.0. The summed E-state index contributed by atoms with van der Waals surface area (Å²) in [5.41, 5.74) is 6.30. The van der Waals surface area contributed by atoms with Gasteiger partial charge in [0.15, 0.2) is 5.65 Å². The summed E-state index contributed by atoms with van der Waals surface area (Å²) in [6, 6.07) is -1.11. The zero-order chi connectivity index (χ0) is 24.5. The van der Waals surface area contributed by atoms with E-state index < -0.39 is 56.0 Å². The molecule has 0 spiro atoms. The van der Waals surface area contributed by atoms with Crippen molar-refractivity contribution in [2.24, 2.45) is 5.73 Å². The van der Waals surface area contributed by atoms with Gasteiger partial charge in [-0.25, -0.2) is 9.97 Å². The molecule has 0 aromatic carbocycles. The summed E-state index contributed by atoms with van der Waals surface area (Å²) >= 11 is 4.34. The van der Waals surface area contributed by atoms with Gasteiger partial charge in [0, 0.05) is 13.1 Å². The molecule has 15 heteroatoms. The highest BCUT2D eigenvalue weighted by Crippen LogP contribution is 2.23. The Morgan fingerprint density at radius 3 is 2.64 bits per heavy atom. The molecule has 0 radical (unpaired) electrons. The number of aromatic nitrogens is 4. The number of nitrogens with one attached hydrogen (secondary N) is 2. The van der Waals surface area contributed by atoms with E-state index in [-0.39, 0.29) is 12.5 Å². The summed E-state index contributed by atoms with van der Waals surface area (Å²) in [6.45, 7) is 1.27. The predicted molar refractivity (Wildman–Crippen MR) is 119 cm³/mol. The van der Waals surface area contributed by atoms with Crippen molar-refractivity contribution < 1.29 is 34.8 Å². The molecule has 4 atom stereocenters. The summed E-state index contributed by atoms with van der Waals surface area (Å²) < 4.78 is 7.20. The van der Waals surface area contributed by atoms with Gasteiger partial charge >= 0.3 is 5.97 Å². The fraction of sp³-hybridized carbons (Fsp3) is 0.611. The van der Waals surface area contributed by atoms with Crippen LogP contribution in [0.4, 0.5) is 5.95 Å². The standard InChI is InChI=1S/C18H29N7O7S/c1-9(32-12(7-27)11(28)6-26)25-8-22-14-15(25)23-18(24-17(14)33)21-4-2-3-20-16(31)10(19)5-13(29)30/h8-12,26-28H,2-7,19H2,1H3,(H,20,31)(H,29,30)(H2,21,23,24,33)/t9?,10?,11-,12?/m1/s1. The average Bonchev–Trinajstić information content (AvgIpc) is 3.20.